The van der Waals surface area contributed by atoms with Gasteiger partial charge in [-0.1, -0.05) is 19.3 Å². The minimum atomic E-state index is -3.45. The van der Waals surface area contributed by atoms with Gasteiger partial charge in [0, 0.05) is 24.4 Å². The number of fused-ring (bicyclic) bond motifs is 1. The Morgan fingerprint density at radius 3 is 2.36 bits per heavy atom. The highest BCUT2D eigenvalue weighted by Crippen LogP contribution is 2.39. The lowest BCUT2D eigenvalue weighted by molar-refractivity contribution is 0.0954. The van der Waals surface area contributed by atoms with Crippen molar-refractivity contribution in [3.8, 4) is 0 Å². The highest BCUT2D eigenvalue weighted by molar-refractivity contribution is 7.89. The molecule has 2 saturated carbocycles. The van der Waals surface area contributed by atoms with Crippen molar-refractivity contribution in [2.45, 2.75) is 62.7 Å². The van der Waals surface area contributed by atoms with E-state index < -0.39 is 10.0 Å². The molecule has 2 aliphatic carbocycles. The van der Waals surface area contributed by atoms with Crippen LogP contribution in [0.3, 0.4) is 0 Å². The Hall–Kier alpha value is -1.73. The van der Waals surface area contributed by atoms with E-state index in [0.29, 0.717) is 18.7 Å². The van der Waals surface area contributed by atoms with Crippen LogP contribution in [0.1, 0.15) is 68.1 Å². The summed E-state index contributed by atoms with van der Waals surface area (Å²) in [5.74, 6) is 1.28. The molecule has 1 amide bonds. The molecule has 4 rings (SSSR count). The summed E-state index contributed by atoms with van der Waals surface area (Å²) in [6.07, 6.45) is 10.3. The van der Waals surface area contributed by atoms with E-state index in [9.17, 15) is 13.2 Å². The van der Waals surface area contributed by atoms with E-state index in [-0.39, 0.29) is 10.8 Å². The van der Waals surface area contributed by atoms with Crippen LogP contribution in [-0.2, 0) is 10.0 Å². The maximum absolute atomic E-state index is 12.6. The molecule has 3 fully saturated rings. The number of benzene rings is 1. The van der Waals surface area contributed by atoms with Crippen molar-refractivity contribution in [2.75, 3.05) is 13.1 Å². The van der Waals surface area contributed by atoms with E-state index in [2.05, 4.69) is 10.5 Å². The third-order valence-corrected chi connectivity index (χ3v) is 8.42. The van der Waals surface area contributed by atoms with Gasteiger partial charge in [-0.3, -0.25) is 4.79 Å². The zero-order chi connectivity index (χ0) is 19.6. The summed E-state index contributed by atoms with van der Waals surface area (Å²) in [4.78, 5) is 12.7. The van der Waals surface area contributed by atoms with Crippen LogP contribution in [0.25, 0.3) is 0 Å². The number of hydrogen-bond donors (Lipinski definition) is 1. The largest absolute Gasteiger partial charge is 0.271 e. The molecule has 1 aromatic carbocycles. The second kappa shape index (κ2) is 8.33. The molecule has 1 N–H and O–H groups in total. The molecule has 1 aromatic rings. The van der Waals surface area contributed by atoms with Crippen molar-refractivity contribution in [2.24, 2.45) is 16.9 Å². The van der Waals surface area contributed by atoms with E-state index in [0.717, 1.165) is 43.2 Å². The topological polar surface area (TPSA) is 78.8 Å². The number of nitrogens with zero attached hydrogens (tertiary/aromatic N) is 2. The van der Waals surface area contributed by atoms with E-state index in [1.54, 1.807) is 12.1 Å². The molecule has 28 heavy (non-hydrogen) atoms. The van der Waals surface area contributed by atoms with E-state index in [4.69, 9.17) is 0 Å². The summed E-state index contributed by atoms with van der Waals surface area (Å²) >= 11 is 0. The quantitative estimate of drug-likeness (QED) is 0.781. The lowest BCUT2D eigenvalue weighted by Crippen LogP contribution is -2.30. The van der Waals surface area contributed by atoms with Crippen LogP contribution in [0.4, 0.5) is 0 Å². The van der Waals surface area contributed by atoms with E-state index in [1.165, 1.54) is 48.5 Å². The molecular formula is C21H29N3O3S. The Bertz CT molecular complexity index is 842. The number of nitrogens with one attached hydrogen (secondary N) is 1. The molecular weight excluding hydrogens is 374 g/mol. The number of hydrazone groups is 1. The molecule has 2 atom stereocenters. The average molecular weight is 404 g/mol. The Morgan fingerprint density at radius 1 is 0.964 bits per heavy atom. The fourth-order valence-electron chi connectivity index (χ4n) is 4.84. The van der Waals surface area contributed by atoms with Gasteiger partial charge >= 0.3 is 0 Å². The van der Waals surface area contributed by atoms with Crippen molar-refractivity contribution < 1.29 is 13.2 Å². The maximum Gasteiger partial charge on any atom is 0.271 e. The normalized spacial score (nSPS) is 27.5. The number of hydrogen-bond acceptors (Lipinski definition) is 4. The SMILES string of the molecule is O=C(N/N=C1\CC[C@H]2CCCC[C@@H]2C1)c1ccc(S(=O)(=O)N2CCCC2)cc1. The highest BCUT2D eigenvalue weighted by atomic mass is 32.2. The van der Waals surface area contributed by atoms with Crippen LogP contribution in [0, 0.1) is 11.8 Å². The molecule has 1 saturated heterocycles. The molecule has 0 aromatic heterocycles. The first kappa shape index (κ1) is 19.6. The summed E-state index contributed by atoms with van der Waals surface area (Å²) in [5, 5.41) is 4.38. The molecule has 152 valence electrons. The van der Waals surface area contributed by atoms with E-state index >= 15 is 0 Å². The Kier molecular flexibility index (Phi) is 5.83. The van der Waals surface area contributed by atoms with Crippen LogP contribution >= 0.6 is 0 Å². The first-order valence-corrected chi connectivity index (χ1v) is 11.9. The zero-order valence-electron chi connectivity index (χ0n) is 16.3. The smallest absolute Gasteiger partial charge is 0.267 e. The number of carbonyl (C=O) groups excluding carboxylic acids is 1. The van der Waals surface area contributed by atoms with Gasteiger partial charge in [-0.2, -0.15) is 9.41 Å². The lowest BCUT2D eigenvalue weighted by Gasteiger charge is -2.35. The van der Waals surface area contributed by atoms with Gasteiger partial charge in [0.1, 0.15) is 0 Å². The molecule has 3 aliphatic rings. The van der Waals surface area contributed by atoms with Gasteiger partial charge in [0.25, 0.3) is 5.91 Å². The molecule has 0 radical (unpaired) electrons. The predicted molar refractivity (Wildman–Crippen MR) is 109 cm³/mol. The average Bonchev–Trinajstić information content (AvgIpc) is 3.28. The van der Waals surface area contributed by atoms with Gasteiger partial charge < -0.3 is 0 Å². The molecule has 7 heteroatoms. The minimum absolute atomic E-state index is 0.243. The Balaban J connectivity index is 1.37. The fourth-order valence-corrected chi connectivity index (χ4v) is 6.36. The van der Waals surface area contributed by atoms with Crippen LogP contribution < -0.4 is 5.43 Å². The monoisotopic (exact) mass is 403 g/mol. The standard InChI is InChI=1S/C21H29N3O3S/c25-21(23-22-19-10-7-16-5-1-2-6-18(16)15-19)17-8-11-20(12-9-17)28(26,27)24-13-3-4-14-24/h8-9,11-12,16,18H,1-7,10,13-15H2,(H,23,25)/b22-19+/t16-,18-/m1/s1. The maximum atomic E-state index is 12.6. The molecule has 0 spiro atoms. The molecule has 0 unspecified atom stereocenters. The van der Waals surface area contributed by atoms with Gasteiger partial charge in [0.2, 0.25) is 10.0 Å². The van der Waals surface area contributed by atoms with Crippen LogP contribution in [0.15, 0.2) is 34.3 Å². The molecule has 1 heterocycles. The second-order valence-electron chi connectivity index (χ2n) is 8.30. The van der Waals surface area contributed by atoms with Crippen molar-refractivity contribution >= 4 is 21.6 Å². The zero-order valence-corrected chi connectivity index (χ0v) is 17.1. The van der Waals surface area contributed by atoms with Crippen LogP contribution in [0.5, 0.6) is 0 Å². The Morgan fingerprint density at radius 2 is 1.64 bits per heavy atom. The number of amides is 1. The van der Waals surface area contributed by atoms with Gasteiger partial charge in [-0.05, 0) is 74.6 Å². The molecule has 1 aliphatic heterocycles. The van der Waals surface area contributed by atoms with Gasteiger partial charge in [0.15, 0.2) is 0 Å². The Labute approximate surface area is 167 Å². The number of carbonyl (C=O) groups is 1. The van der Waals surface area contributed by atoms with Gasteiger partial charge in [-0.15, -0.1) is 0 Å². The second-order valence-corrected chi connectivity index (χ2v) is 10.2. The predicted octanol–water partition coefficient (Wildman–Crippen LogP) is 3.55. The third-order valence-electron chi connectivity index (χ3n) is 6.50. The number of rotatable bonds is 4. The summed E-state index contributed by atoms with van der Waals surface area (Å²) in [7, 11) is -3.45. The first-order valence-electron chi connectivity index (χ1n) is 10.5. The summed E-state index contributed by atoms with van der Waals surface area (Å²) in [5.41, 5.74) is 4.18. The van der Waals surface area contributed by atoms with E-state index in [1.807, 2.05) is 0 Å². The molecule has 0 bridgehead atoms. The molecule has 6 nitrogen and oxygen atoms in total. The summed E-state index contributed by atoms with van der Waals surface area (Å²) in [6, 6.07) is 6.17. The van der Waals surface area contributed by atoms with Crippen molar-refractivity contribution in [1.82, 2.24) is 9.73 Å². The van der Waals surface area contributed by atoms with Gasteiger partial charge in [0.05, 0.1) is 4.90 Å². The van der Waals surface area contributed by atoms with Crippen molar-refractivity contribution in [1.29, 1.82) is 0 Å². The fraction of sp³-hybridized carbons (Fsp3) is 0.619. The summed E-state index contributed by atoms with van der Waals surface area (Å²) < 4.78 is 26.6. The first-order chi connectivity index (χ1) is 13.5. The van der Waals surface area contributed by atoms with Crippen LogP contribution in [-0.4, -0.2) is 37.4 Å². The highest BCUT2D eigenvalue weighted by Gasteiger charge is 2.30. The van der Waals surface area contributed by atoms with Crippen molar-refractivity contribution in [3.63, 3.8) is 0 Å². The summed E-state index contributed by atoms with van der Waals surface area (Å²) in [6.45, 7) is 1.15. The van der Waals surface area contributed by atoms with Crippen molar-refractivity contribution in [3.05, 3.63) is 29.8 Å². The van der Waals surface area contributed by atoms with Crippen LogP contribution in [0.2, 0.25) is 0 Å². The minimum Gasteiger partial charge on any atom is -0.267 e. The lowest BCUT2D eigenvalue weighted by atomic mass is 9.70. The van der Waals surface area contributed by atoms with Gasteiger partial charge in [-0.25, -0.2) is 13.8 Å². The third kappa shape index (κ3) is 4.15. The number of sulfonamides is 1.